The summed E-state index contributed by atoms with van der Waals surface area (Å²) in [6, 6.07) is 6.80. The first kappa shape index (κ1) is 11.4. The fraction of sp³-hybridized carbons (Fsp3) is 0.333. The molecule has 0 saturated carbocycles. The molecule has 1 aliphatic rings. The number of benzene rings is 1. The first-order valence-electron chi connectivity index (χ1n) is 5.42. The van der Waals surface area contributed by atoms with Crippen molar-refractivity contribution in [3.8, 4) is 5.75 Å². The van der Waals surface area contributed by atoms with Gasteiger partial charge in [0, 0.05) is 6.42 Å². The van der Waals surface area contributed by atoms with Crippen molar-refractivity contribution < 1.29 is 14.3 Å². The number of nitrogens with two attached hydrogens (primary N) is 1. The Morgan fingerprint density at radius 3 is 2.82 bits per heavy atom. The van der Waals surface area contributed by atoms with Gasteiger partial charge in [-0.05, 0) is 18.6 Å². The molecule has 90 valence electrons. The zero-order chi connectivity index (χ0) is 12.4. The van der Waals surface area contributed by atoms with Crippen LogP contribution in [0.5, 0.6) is 5.75 Å². The van der Waals surface area contributed by atoms with Crippen LogP contribution >= 0.6 is 0 Å². The van der Waals surface area contributed by atoms with E-state index in [0.29, 0.717) is 6.42 Å². The molecule has 2 amide bonds. The van der Waals surface area contributed by atoms with E-state index in [-0.39, 0.29) is 5.91 Å². The fourth-order valence-electron chi connectivity index (χ4n) is 1.71. The molecule has 2 atom stereocenters. The minimum atomic E-state index is -0.685. The third-order valence-corrected chi connectivity index (χ3v) is 2.73. The Morgan fingerprint density at radius 1 is 1.47 bits per heavy atom. The molecule has 0 saturated heterocycles. The van der Waals surface area contributed by atoms with Crippen molar-refractivity contribution in [1.82, 2.24) is 5.32 Å². The summed E-state index contributed by atoms with van der Waals surface area (Å²) in [5.74, 6) is -0.152. The summed E-state index contributed by atoms with van der Waals surface area (Å²) in [6.45, 7) is 1.54. The Morgan fingerprint density at radius 2 is 2.18 bits per heavy atom. The Labute approximate surface area is 98.9 Å². The van der Waals surface area contributed by atoms with E-state index in [0.717, 1.165) is 11.3 Å². The largest absolute Gasteiger partial charge is 0.480 e. The number of para-hydroxylation sites is 1. The molecule has 0 fully saturated rings. The van der Waals surface area contributed by atoms with Crippen LogP contribution in [-0.2, 0) is 16.0 Å². The molecule has 1 aliphatic heterocycles. The van der Waals surface area contributed by atoms with Gasteiger partial charge >= 0.3 is 0 Å². The number of hydrogen-bond donors (Lipinski definition) is 2. The molecule has 0 aliphatic carbocycles. The molecular weight excluding hydrogens is 220 g/mol. The predicted octanol–water partition coefficient (Wildman–Crippen LogP) is -0.0199. The molecule has 2 unspecified atom stereocenters. The lowest BCUT2D eigenvalue weighted by Crippen LogP contribution is -2.47. The average Bonchev–Trinajstić information content (AvgIpc) is 2.72. The summed E-state index contributed by atoms with van der Waals surface area (Å²) in [4.78, 5) is 22.6. The van der Waals surface area contributed by atoms with Crippen LogP contribution in [0.4, 0.5) is 0 Å². The fourth-order valence-corrected chi connectivity index (χ4v) is 1.71. The van der Waals surface area contributed by atoms with E-state index in [4.69, 9.17) is 10.5 Å². The second kappa shape index (κ2) is 4.45. The third-order valence-electron chi connectivity index (χ3n) is 2.73. The number of hydrogen-bond acceptors (Lipinski definition) is 3. The van der Waals surface area contributed by atoms with Gasteiger partial charge in [-0.25, -0.2) is 0 Å². The van der Waals surface area contributed by atoms with E-state index in [1.54, 1.807) is 6.92 Å². The Bertz CT molecular complexity index is 434. The lowest BCUT2D eigenvalue weighted by molar-refractivity contribution is -0.131. The number of ether oxygens (including phenoxy) is 1. The van der Waals surface area contributed by atoms with Gasteiger partial charge in [0.05, 0.1) is 0 Å². The van der Waals surface area contributed by atoms with Gasteiger partial charge in [-0.15, -0.1) is 0 Å². The number of carbonyl (C=O) groups is 2. The molecule has 3 N–H and O–H groups in total. The van der Waals surface area contributed by atoms with Crippen LogP contribution in [0, 0.1) is 0 Å². The Balaban J connectivity index is 1.99. The van der Waals surface area contributed by atoms with Crippen LogP contribution in [0.15, 0.2) is 24.3 Å². The molecular formula is C12H14N2O3. The molecule has 2 rings (SSSR count). The van der Waals surface area contributed by atoms with Gasteiger partial charge in [-0.3, -0.25) is 9.59 Å². The van der Waals surface area contributed by atoms with E-state index in [2.05, 4.69) is 5.32 Å². The first-order chi connectivity index (χ1) is 8.08. The van der Waals surface area contributed by atoms with Crippen molar-refractivity contribution in [3.63, 3.8) is 0 Å². The minimum Gasteiger partial charge on any atom is -0.480 e. The Kier molecular flexibility index (Phi) is 2.99. The highest BCUT2D eigenvalue weighted by molar-refractivity contribution is 5.89. The van der Waals surface area contributed by atoms with Crippen LogP contribution in [0.3, 0.4) is 0 Å². The molecule has 5 nitrogen and oxygen atoms in total. The van der Waals surface area contributed by atoms with Gasteiger partial charge in [0.2, 0.25) is 5.91 Å². The smallest absolute Gasteiger partial charge is 0.262 e. The standard InChI is InChI=1S/C12H14N2O3/c1-7(11(13)15)14-12(16)10-6-8-4-2-3-5-9(8)17-10/h2-5,7,10H,6H2,1H3,(H2,13,15)(H,14,16). The number of primary amides is 1. The van der Waals surface area contributed by atoms with E-state index < -0.39 is 18.1 Å². The zero-order valence-electron chi connectivity index (χ0n) is 9.47. The van der Waals surface area contributed by atoms with E-state index >= 15 is 0 Å². The maximum atomic E-state index is 11.8. The predicted molar refractivity (Wildman–Crippen MR) is 61.4 cm³/mol. The molecule has 1 aromatic rings. The summed E-state index contributed by atoms with van der Waals surface area (Å²) in [5, 5.41) is 2.52. The quantitative estimate of drug-likeness (QED) is 0.771. The first-order valence-corrected chi connectivity index (χ1v) is 5.42. The van der Waals surface area contributed by atoms with E-state index in [9.17, 15) is 9.59 Å². The normalized spacial score (nSPS) is 19.0. The molecule has 0 aromatic heterocycles. The summed E-state index contributed by atoms with van der Waals surface area (Å²) in [5.41, 5.74) is 6.07. The van der Waals surface area contributed by atoms with Crippen LogP contribution < -0.4 is 15.8 Å². The molecule has 0 radical (unpaired) electrons. The lowest BCUT2D eigenvalue weighted by atomic mass is 10.1. The van der Waals surface area contributed by atoms with Gasteiger partial charge in [0.15, 0.2) is 6.10 Å². The van der Waals surface area contributed by atoms with Crippen molar-refractivity contribution in [3.05, 3.63) is 29.8 Å². The van der Waals surface area contributed by atoms with E-state index in [1.165, 1.54) is 0 Å². The van der Waals surface area contributed by atoms with Crippen LogP contribution in [0.1, 0.15) is 12.5 Å². The van der Waals surface area contributed by atoms with Gasteiger partial charge in [0.1, 0.15) is 11.8 Å². The van der Waals surface area contributed by atoms with Gasteiger partial charge in [-0.2, -0.15) is 0 Å². The minimum absolute atomic E-state index is 0.312. The topological polar surface area (TPSA) is 81.4 Å². The number of fused-ring (bicyclic) bond motifs is 1. The zero-order valence-corrected chi connectivity index (χ0v) is 9.47. The molecule has 1 heterocycles. The maximum absolute atomic E-state index is 11.8. The molecule has 0 bridgehead atoms. The third kappa shape index (κ3) is 2.38. The molecule has 5 heteroatoms. The second-order valence-corrected chi connectivity index (χ2v) is 4.05. The summed E-state index contributed by atoms with van der Waals surface area (Å²) < 4.78 is 5.49. The Hall–Kier alpha value is -2.04. The number of carbonyl (C=O) groups excluding carboxylic acids is 2. The highest BCUT2D eigenvalue weighted by Gasteiger charge is 2.29. The van der Waals surface area contributed by atoms with Crippen LogP contribution in [0.25, 0.3) is 0 Å². The summed E-state index contributed by atoms with van der Waals surface area (Å²) in [6.07, 6.45) is -0.0535. The van der Waals surface area contributed by atoms with Crippen molar-refractivity contribution in [2.24, 2.45) is 5.73 Å². The van der Waals surface area contributed by atoms with E-state index in [1.807, 2.05) is 24.3 Å². The van der Waals surface area contributed by atoms with Crippen molar-refractivity contribution >= 4 is 11.8 Å². The van der Waals surface area contributed by atoms with Gasteiger partial charge in [0.25, 0.3) is 5.91 Å². The van der Waals surface area contributed by atoms with Crippen molar-refractivity contribution in [1.29, 1.82) is 0 Å². The average molecular weight is 234 g/mol. The van der Waals surface area contributed by atoms with Gasteiger partial charge in [-0.1, -0.05) is 18.2 Å². The SMILES string of the molecule is CC(NC(=O)C1Cc2ccccc2O1)C(N)=O. The maximum Gasteiger partial charge on any atom is 0.262 e. The highest BCUT2D eigenvalue weighted by atomic mass is 16.5. The molecule has 1 aromatic carbocycles. The number of nitrogens with one attached hydrogen (secondary N) is 1. The monoisotopic (exact) mass is 234 g/mol. The number of rotatable bonds is 3. The van der Waals surface area contributed by atoms with Crippen molar-refractivity contribution in [2.45, 2.75) is 25.5 Å². The summed E-state index contributed by atoms with van der Waals surface area (Å²) in [7, 11) is 0. The van der Waals surface area contributed by atoms with Crippen LogP contribution in [0.2, 0.25) is 0 Å². The number of amides is 2. The van der Waals surface area contributed by atoms with Gasteiger partial charge < -0.3 is 15.8 Å². The lowest BCUT2D eigenvalue weighted by Gasteiger charge is -2.14. The van der Waals surface area contributed by atoms with Crippen molar-refractivity contribution in [2.75, 3.05) is 0 Å². The second-order valence-electron chi connectivity index (χ2n) is 4.05. The van der Waals surface area contributed by atoms with Crippen LogP contribution in [-0.4, -0.2) is 24.0 Å². The highest BCUT2D eigenvalue weighted by Crippen LogP contribution is 2.28. The summed E-state index contributed by atoms with van der Waals surface area (Å²) >= 11 is 0. The molecule has 0 spiro atoms. The molecule has 17 heavy (non-hydrogen) atoms.